The Morgan fingerprint density at radius 1 is 0.878 bits per heavy atom. The van der Waals surface area contributed by atoms with Crippen molar-refractivity contribution in [1.29, 1.82) is 0 Å². The molecule has 5 aromatic rings. The molecule has 13 rings (SSSR count). The number of likely N-dealkylation sites (tertiary alicyclic amines) is 1. The zero-order chi connectivity index (χ0) is 50.6. The fourth-order valence-corrected chi connectivity index (χ4v) is 14.5. The lowest BCUT2D eigenvalue weighted by atomic mass is 9.57. The number of aromatic nitrogens is 3. The summed E-state index contributed by atoms with van der Waals surface area (Å²) in [5.74, 6) is 0.123. The van der Waals surface area contributed by atoms with Crippen LogP contribution in [0.25, 0.3) is 32.9 Å². The van der Waals surface area contributed by atoms with Crippen molar-refractivity contribution in [3.05, 3.63) is 77.2 Å². The largest absolute Gasteiger partial charge is 0.508 e. The number of nitrogens with zero attached hydrogens (tertiary/aromatic N) is 8. The van der Waals surface area contributed by atoms with Crippen LogP contribution in [0.4, 0.5) is 15.9 Å². The van der Waals surface area contributed by atoms with Crippen LogP contribution in [0.1, 0.15) is 106 Å². The van der Waals surface area contributed by atoms with Crippen LogP contribution in [-0.4, -0.2) is 142 Å². The van der Waals surface area contributed by atoms with Gasteiger partial charge in [-0.1, -0.05) is 25.1 Å². The molecule has 6 aliphatic heterocycles. The van der Waals surface area contributed by atoms with Crippen LogP contribution in [-0.2, 0) is 22.6 Å². The number of ether oxygens (including phenoxy) is 1. The summed E-state index contributed by atoms with van der Waals surface area (Å²) in [6, 6.07) is 16.5. The zero-order valence-corrected chi connectivity index (χ0v) is 43.0. The molecule has 15 nitrogen and oxygen atoms in total. The molecule has 5 atom stereocenters. The predicted octanol–water partition coefficient (Wildman–Crippen LogP) is 7.20. The van der Waals surface area contributed by atoms with Crippen LogP contribution in [0.3, 0.4) is 0 Å². The van der Waals surface area contributed by atoms with Crippen molar-refractivity contribution in [2.75, 3.05) is 68.8 Å². The van der Waals surface area contributed by atoms with E-state index in [9.17, 15) is 19.5 Å². The van der Waals surface area contributed by atoms with Gasteiger partial charge in [-0.2, -0.15) is 9.97 Å². The number of phenols is 1. The summed E-state index contributed by atoms with van der Waals surface area (Å²) in [6.07, 6.45) is 12.5. The molecule has 0 radical (unpaired) electrons. The molecule has 2 bridgehead atoms. The van der Waals surface area contributed by atoms with E-state index in [0.29, 0.717) is 77.4 Å². The maximum absolute atomic E-state index is 17.2. The minimum Gasteiger partial charge on any atom is -0.508 e. The quantitative estimate of drug-likeness (QED) is 0.108. The normalized spacial score (nSPS) is 26.8. The van der Waals surface area contributed by atoms with E-state index in [1.54, 1.807) is 23.2 Å². The second-order valence-corrected chi connectivity index (χ2v) is 23.8. The van der Waals surface area contributed by atoms with Gasteiger partial charge < -0.3 is 34.8 Å². The van der Waals surface area contributed by atoms with Gasteiger partial charge in [0.1, 0.15) is 28.8 Å². The number of benzene rings is 3. The maximum atomic E-state index is 17.2. The number of nitrogens with one attached hydrogen (secondary N) is 2. The maximum Gasteiger partial charge on any atom is 0.319 e. The summed E-state index contributed by atoms with van der Waals surface area (Å²) < 4.78 is 23.8. The third-order valence-corrected chi connectivity index (χ3v) is 18.7. The van der Waals surface area contributed by atoms with E-state index in [4.69, 9.17) is 19.7 Å². The number of carbonyl (C=O) groups excluding carboxylic acids is 3. The Morgan fingerprint density at radius 2 is 1.65 bits per heavy atom. The Bertz CT molecular complexity index is 3050. The molecule has 2 saturated carbocycles. The van der Waals surface area contributed by atoms with Crippen molar-refractivity contribution in [2.45, 2.75) is 128 Å². The smallest absolute Gasteiger partial charge is 0.319 e. The number of hydrogen-bond acceptors (Lipinski definition) is 13. The summed E-state index contributed by atoms with van der Waals surface area (Å²) >= 11 is 0. The highest BCUT2D eigenvalue weighted by molar-refractivity contribution is 6.06. The van der Waals surface area contributed by atoms with Gasteiger partial charge in [0.15, 0.2) is 5.82 Å². The number of aromatic hydroxyl groups is 1. The summed E-state index contributed by atoms with van der Waals surface area (Å²) in [5, 5.41) is 19.2. The SMILES string of the molecule is CCc1cccc2cc(O)cc(-c3ncc4c(N5CC6CCC(C5)N6)nc(OCC5(CN6CCC7(CC6)CC(CN6[C@H](C)CN(c8ccc9c(c8)CN([C@H]8CCC(=O)NC8=O)C9=O)C[C@@H]6C)C7)CC5)nc4c3F)c12. The predicted molar refractivity (Wildman–Crippen MR) is 282 cm³/mol. The van der Waals surface area contributed by atoms with Gasteiger partial charge in [-0.15, -0.1) is 0 Å². The van der Waals surface area contributed by atoms with Crippen molar-refractivity contribution in [2.24, 2.45) is 16.7 Å². The molecule has 16 heteroatoms. The molecule has 388 valence electrons. The fourth-order valence-electron chi connectivity index (χ4n) is 14.5. The molecule has 3 N–H and O–H groups in total. The number of halogens is 1. The molecule has 3 aromatic carbocycles. The molecule has 1 spiro atoms. The Labute approximate surface area is 432 Å². The van der Waals surface area contributed by atoms with E-state index in [0.717, 1.165) is 112 Å². The van der Waals surface area contributed by atoms with Crippen LogP contribution in [0.2, 0.25) is 0 Å². The first kappa shape index (κ1) is 47.7. The van der Waals surface area contributed by atoms with Crippen molar-refractivity contribution in [1.82, 2.24) is 40.3 Å². The fraction of sp³-hybridized carbons (Fsp3) is 0.552. The van der Waals surface area contributed by atoms with Gasteiger partial charge in [0, 0.05) is 105 Å². The number of piperazine rings is 2. The zero-order valence-electron chi connectivity index (χ0n) is 43.0. The number of imide groups is 1. The molecular formula is C58H69FN10O5. The summed E-state index contributed by atoms with van der Waals surface area (Å²) in [5.41, 5.74) is 5.15. The van der Waals surface area contributed by atoms with E-state index >= 15 is 4.39 Å². The minimum absolute atomic E-state index is 0.0278. The Hall–Kier alpha value is -5.97. The number of amides is 3. The number of piperidine rings is 2. The molecule has 3 amide bonds. The molecule has 8 heterocycles. The van der Waals surface area contributed by atoms with Gasteiger partial charge in [-0.3, -0.25) is 29.6 Å². The number of anilines is 2. The average Bonchev–Trinajstić information content (AvgIpc) is 3.97. The number of aryl methyl sites for hydroxylation is 1. The van der Waals surface area contributed by atoms with E-state index in [-0.39, 0.29) is 52.5 Å². The van der Waals surface area contributed by atoms with E-state index in [2.05, 4.69) is 63.1 Å². The molecule has 8 aliphatic rings. The van der Waals surface area contributed by atoms with Gasteiger partial charge in [-0.05, 0) is 155 Å². The Kier molecular flexibility index (Phi) is 11.9. The number of pyridine rings is 1. The van der Waals surface area contributed by atoms with Gasteiger partial charge >= 0.3 is 6.01 Å². The van der Waals surface area contributed by atoms with Crippen molar-refractivity contribution < 1.29 is 28.6 Å². The number of phenolic OH excluding ortho intramolecular Hbond substituents is 1. The van der Waals surface area contributed by atoms with E-state index in [1.165, 1.54) is 25.7 Å². The van der Waals surface area contributed by atoms with Gasteiger partial charge in [0.2, 0.25) is 11.8 Å². The van der Waals surface area contributed by atoms with Crippen molar-refractivity contribution >= 4 is 50.9 Å². The highest BCUT2D eigenvalue weighted by Crippen LogP contribution is 2.54. The highest BCUT2D eigenvalue weighted by Gasteiger charge is 2.50. The monoisotopic (exact) mass is 1000 g/mol. The number of fused-ring (bicyclic) bond motifs is 5. The van der Waals surface area contributed by atoms with E-state index in [1.807, 2.05) is 24.3 Å². The van der Waals surface area contributed by atoms with Crippen LogP contribution in [0, 0.1) is 22.6 Å². The first-order valence-corrected chi connectivity index (χ1v) is 27.6. The number of hydrogen-bond donors (Lipinski definition) is 3. The first-order valence-electron chi connectivity index (χ1n) is 27.6. The van der Waals surface area contributed by atoms with Crippen LogP contribution in [0.15, 0.2) is 54.7 Å². The molecule has 74 heavy (non-hydrogen) atoms. The number of rotatable bonds is 12. The standard InChI is InChI=1S/C58H69FN10O5/c1-4-37-6-5-7-38-21-43(70)22-45(49(37)38)51-50(59)52-46(25-60-51)53(67-30-40-8-9-41(31-67)61-40)64-56(63-52)74-33-58(14-15-58)32-65-18-16-57(17-19-65)23-36(24-57)28-68-34(2)26-66(27-35(68)3)42-10-11-44-39(20-42)29-69(55(44)73)47-12-13-48(71)62-54(47)72/h5-7,10-11,20-22,25,34-36,40-41,47,61,70H,4,8-9,12-19,23-24,26-33H2,1-3H3,(H,62,71,72)/t34-,35+,40?,41?,47-/m0/s1. The summed E-state index contributed by atoms with van der Waals surface area (Å²) in [6.45, 7) is 15.4. The van der Waals surface area contributed by atoms with Crippen molar-refractivity contribution in [3.8, 4) is 23.0 Å². The highest BCUT2D eigenvalue weighted by atomic mass is 19.1. The van der Waals surface area contributed by atoms with Crippen molar-refractivity contribution in [3.63, 3.8) is 0 Å². The lowest BCUT2D eigenvalue weighted by molar-refractivity contribution is -0.136. The molecule has 5 saturated heterocycles. The molecule has 2 aliphatic carbocycles. The van der Waals surface area contributed by atoms with Gasteiger partial charge in [0.25, 0.3) is 5.91 Å². The lowest BCUT2D eigenvalue weighted by Crippen LogP contribution is -2.59. The summed E-state index contributed by atoms with van der Waals surface area (Å²) in [7, 11) is 0. The molecule has 2 aromatic heterocycles. The summed E-state index contributed by atoms with van der Waals surface area (Å²) in [4.78, 5) is 64.1. The first-order chi connectivity index (χ1) is 35.8. The van der Waals surface area contributed by atoms with Crippen LogP contribution in [0.5, 0.6) is 11.8 Å². The third kappa shape index (κ3) is 8.62. The van der Waals surface area contributed by atoms with Gasteiger partial charge in [-0.25, -0.2) is 4.39 Å². The lowest BCUT2D eigenvalue weighted by Gasteiger charge is -2.55. The topological polar surface area (TPSA) is 160 Å². The molecule has 2 unspecified atom stereocenters. The Morgan fingerprint density at radius 3 is 2.38 bits per heavy atom. The van der Waals surface area contributed by atoms with Crippen LogP contribution < -0.4 is 25.2 Å². The minimum atomic E-state index is -0.608. The third-order valence-electron chi connectivity index (χ3n) is 18.7. The average molecular weight is 1010 g/mol. The number of carbonyl (C=O) groups is 3. The molecule has 7 fully saturated rings. The van der Waals surface area contributed by atoms with Gasteiger partial charge in [0.05, 0.1) is 12.0 Å². The van der Waals surface area contributed by atoms with E-state index < -0.39 is 11.9 Å². The van der Waals surface area contributed by atoms with Crippen LogP contribution >= 0.6 is 0 Å². The second-order valence-electron chi connectivity index (χ2n) is 23.8. The Balaban J connectivity index is 0.634. The molecular weight excluding hydrogens is 936 g/mol. The second kappa shape index (κ2) is 18.4.